The van der Waals surface area contributed by atoms with Crippen LogP contribution >= 0.6 is 11.3 Å². The number of nitrogens with zero attached hydrogens (tertiary/aromatic N) is 1. The van der Waals surface area contributed by atoms with E-state index in [-0.39, 0.29) is 18.0 Å². The van der Waals surface area contributed by atoms with Crippen molar-refractivity contribution in [2.24, 2.45) is 0 Å². The minimum Gasteiger partial charge on any atom is -0.444 e. The Labute approximate surface area is 129 Å². The normalized spacial score (nSPS) is 18.6. The molecule has 1 aromatic heterocycles. The Hall–Kier alpha value is -1.56. The molecule has 0 spiro atoms. The third-order valence-electron chi connectivity index (χ3n) is 3.15. The van der Waals surface area contributed by atoms with Crippen LogP contribution in [0.2, 0.25) is 0 Å². The van der Waals surface area contributed by atoms with Crippen LogP contribution in [0.1, 0.15) is 32.8 Å². The van der Waals surface area contributed by atoms with Crippen LogP contribution in [0.3, 0.4) is 0 Å². The van der Waals surface area contributed by atoms with Crippen LogP contribution in [0.15, 0.2) is 16.8 Å². The van der Waals surface area contributed by atoms with E-state index in [0.717, 1.165) is 12.0 Å². The molecular weight excluding hydrogens is 288 g/mol. The minimum atomic E-state index is -0.489. The maximum absolute atomic E-state index is 11.9. The topological polar surface area (TPSA) is 58.6 Å². The van der Waals surface area contributed by atoms with E-state index < -0.39 is 5.60 Å². The van der Waals surface area contributed by atoms with Gasteiger partial charge in [0.2, 0.25) is 5.91 Å². The highest BCUT2D eigenvalue weighted by Crippen LogP contribution is 2.15. The second-order valence-electron chi connectivity index (χ2n) is 6.29. The Bertz CT molecular complexity index is 494. The van der Waals surface area contributed by atoms with Gasteiger partial charge in [-0.05, 0) is 49.6 Å². The summed E-state index contributed by atoms with van der Waals surface area (Å²) in [7, 11) is 0. The zero-order valence-corrected chi connectivity index (χ0v) is 13.5. The first-order valence-electron chi connectivity index (χ1n) is 7.12. The van der Waals surface area contributed by atoms with E-state index in [1.807, 2.05) is 37.6 Å². The van der Waals surface area contributed by atoms with Crippen LogP contribution in [0.4, 0.5) is 4.79 Å². The SMILES string of the molecule is CC(C)(C)OC(=O)N1CCC(NC(=O)Cc2ccsc2)C1. The summed E-state index contributed by atoms with van der Waals surface area (Å²) in [5.41, 5.74) is 0.539. The Balaban J connectivity index is 1.77. The van der Waals surface area contributed by atoms with Crippen molar-refractivity contribution in [3.63, 3.8) is 0 Å². The van der Waals surface area contributed by atoms with Crippen molar-refractivity contribution in [3.8, 4) is 0 Å². The molecule has 2 rings (SSSR count). The molecule has 5 nitrogen and oxygen atoms in total. The van der Waals surface area contributed by atoms with Crippen LogP contribution in [0.25, 0.3) is 0 Å². The molecule has 116 valence electrons. The first-order valence-corrected chi connectivity index (χ1v) is 8.06. The van der Waals surface area contributed by atoms with Gasteiger partial charge in [0.1, 0.15) is 5.60 Å². The maximum atomic E-state index is 11.9. The van der Waals surface area contributed by atoms with Crippen molar-refractivity contribution >= 4 is 23.3 Å². The van der Waals surface area contributed by atoms with Crippen molar-refractivity contribution in [1.82, 2.24) is 10.2 Å². The summed E-state index contributed by atoms with van der Waals surface area (Å²) in [5, 5.41) is 6.92. The standard InChI is InChI=1S/C15H22N2O3S/c1-15(2,3)20-14(19)17-6-4-12(9-17)16-13(18)8-11-5-7-21-10-11/h5,7,10,12H,4,6,8-9H2,1-3H3,(H,16,18). The van der Waals surface area contributed by atoms with Crippen LogP contribution < -0.4 is 5.32 Å². The van der Waals surface area contributed by atoms with Gasteiger partial charge in [-0.3, -0.25) is 4.79 Å². The summed E-state index contributed by atoms with van der Waals surface area (Å²) in [6, 6.07) is 1.97. The van der Waals surface area contributed by atoms with E-state index in [0.29, 0.717) is 19.5 Å². The summed E-state index contributed by atoms with van der Waals surface area (Å²) in [4.78, 5) is 25.5. The number of nitrogens with one attached hydrogen (secondary N) is 1. The van der Waals surface area contributed by atoms with Gasteiger partial charge < -0.3 is 15.0 Å². The van der Waals surface area contributed by atoms with Crippen molar-refractivity contribution in [3.05, 3.63) is 22.4 Å². The van der Waals surface area contributed by atoms with Gasteiger partial charge in [0, 0.05) is 19.1 Å². The molecule has 1 aromatic rings. The number of carbonyl (C=O) groups is 2. The highest BCUT2D eigenvalue weighted by atomic mass is 32.1. The lowest BCUT2D eigenvalue weighted by Gasteiger charge is -2.24. The van der Waals surface area contributed by atoms with Gasteiger partial charge in [-0.15, -0.1) is 0 Å². The molecule has 1 aliphatic heterocycles. The Morgan fingerprint density at radius 2 is 2.24 bits per heavy atom. The summed E-state index contributed by atoms with van der Waals surface area (Å²) in [5.74, 6) is 0.00411. The highest BCUT2D eigenvalue weighted by molar-refractivity contribution is 7.07. The lowest BCUT2D eigenvalue weighted by molar-refractivity contribution is -0.121. The third-order valence-corrected chi connectivity index (χ3v) is 3.88. The predicted octanol–water partition coefficient (Wildman–Crippen LogP) is 2.42. The Morgan fingerprint density at radius 1 is 1.48 bits per heavy atom. The van der Waals surface area contributed by atoms with Crippen LogP contribution in [-0.4, -0.2) is 41.6 Å². The van der Waals surface area contributed by atoms with E-state index in [1.54, 1.807) is 16.2 Å². The molecule has 1 aliphatic rings. The van der Waals surface area contributed by atoms with Crippen LogP contribution in [0, 0.1) is 0 Å². The number of hydrogen-bond donors (Lipinski definition) is 1. The number of rotatable bonds is 3. The maximum Gasteiger partial charge on any atom is 0.410 e. The van der Waals surface area contributed by atoms with Gasteiger partial charge in [0.05, 0.1) is 6.42 Å². The number of carbonyl (C=O) groups excluding carboxylic acids is 2. The molecule has 2 amide bonds. The van der Waals surface area contributed by atoms with Gasteiger partial charge in [-0.25, -0.2) is 4.79 Å². The molecular formula is C15H22N2O3S. The number of amides is 2. The largest absolute Gasteiger partial charge is 0.444 e. The van der Waals surface area contributed by atoms with E-state index >= 15 is 0 Å². The molecule has 2 heterocycles. The Morgan fingerprint density at radius 3 is 2.86 bits per heavy atom. The lowest BCUT2D eigenvalue weighted by Crippen LogP contribution is -2.40. The second-order valence-corrected chi connectivity index (χ2v) is 7.07. The molecule has 1 atom stereocenters. The van der Waals surface area contributed by atoms with Crippen LogP contribution in [-0.2, 0) is 16.0 Å². The third kappa shape index (κ3) is 5.04. The summed E-state index contributed by atoms with van der Waals surface area (Å²) < 4.78 is 5.34. The zero-order valence-electron chi connectivity index (χ0n) is 12.7. The second kappa shape index (κ2) is 6.47. The van der Waals surface area contributed by atoms with E-state index in [1.165, 1.54) is 0 Å². The number of likely N-dealkylation sites (tertiary alicyclic amines) is 1. The molecule has 1 unspecified atom stereocenters. The fourth-order valence-corrected chi connectivity index (χ4v) is 2.90. The van der Waals surface area contributed by atoms with Crippen molar-refractivity contribution in [2.75, 3.05) is 13.1 Å². The number of thiophene rings is 1. The van der Waals surface area contributed by atoms with Gasteiger partial charge in [-0.2, -0.15) is 11.3 Å². The van der Waals surface area contributed by atoms with Crippen molar-refractivity contribution in [1.29, 1.82) is 0 Å². The molecule has 6 heteroatoms. The molecule has 0 aromatic carbocycles. The van der Waals surface area contributed by atoms with Gasteiger partial charge in [-0.1, -0.05) is 0 Å². The molecule has 0 saturated carbocycles. The van der Waals surface area contributed by atoms with Crippen molar-refractivity contribution < 1.29 is 14.3 Å². The van der Waals surface area contributed by atoms with E-state index in [9.17, 15) is 9.59 Å². The number of hydrogen-bond acceptors (Lipinski definition) is 4. The fourth-order valence-electron chi connectivity index (χ4n) is 2.23. The monoisotopic (exact) mass is 310 g/mol. The van der Waals surface area contributed by atoms with Gasteiger partial charge in [0.25, 0.3) is 0 Å². The minimum absolute atomic E-state index is 0.00411. The number of ether oxygens (including phenoxy) is 1. The first-order chi connectivity index (χ1) is 9.83. The van der Waals surface area contributed by atoms with E-state index in [2.05, 4.69) is 5.32 Å². The van der Waals surface area contributed by atoms with Gasteiger partial charge >= 0.3 is 6.09 Å². The molecule has 0 radical (unpaired) electrons. The quantitative estimate of drug-likeness (QED) is 0.933. The van der Waals surface area contributed by atoms with Crippen molar-refractivity contribution in [2.45, 2.75) is 45.3 Å². The fraction of sp³-hybridized carbons (Fsp3) is 0.600. The average Bonchev–Trinajstić information content (AvgIpc) is 2.98. The predicted molar refractivity (Wildman–Crippen MR) is 82.4 cm³/mol. The average molecular weight is 310 g/mol. The molecule has 1 saturated heterocycles. The highest BCUT2D eigenvalue weighted by Gasteiger charge is 2.30. The molecule has 1 N–H and O–H groups in total. The molecule has 1 fully saturated rings. The summed E-state index contributed by atoms with van der Waals surface area (Å²) >= 11 is 1.58. The lowest BCUT2D eigenvalue weighted by atomic mass is 10.2. The molecule has 21 heavy (non-hydrogen) atoms. The van der Waals surface area contributed by atoms with Gasteiger partial charge in [0.15, 0.2) is 0 Å². The Kier molecular flexibility index (Phi) is 4.88. The smallest absolute Gasteiger partial charge is 0.410 e. The summed E-state index contributed by atoms with van der Waals surface area (Å²) in [6.45, 7) is 6.69. The molecule has 0 aliphatic carbocycles. The summed E-state index contributed by atoms with van der Waals surface area (Å²) in [6.07, 6.45) is 0.859. The van der Waals surface area contributed by atoms with Crippen LogP contribution in [0.5, 0.6) is 0 Å². The van der Waals surface area contributed by atoms with E-state index in [4.69, 9.17) is 4.74 Å². The zero-order chi connectivity index (χ0) is 15.5. The molecule has 0 bridgehead atoms. The first kappa shape index (κ1) is 15.8.